The van der Waals surface area contributed by atoms with E-state index in [0.717, 1.165) is 50.0 Å². The number of piperidine rings is 1. The highest BCUT2D eigenvalue weighted by atomic mass is 32.2. The number of hydrogen-bond acceptors (Lipinski definition) is 3. The number of benzene rings is 1. The fourth-order valence-corrected chi connectivity index (χ4v) is 5.16. The predicted molar refractivity (Wildman–Crippen MR) is 122 cm³/mol. The predicted octanol–water partition coefficient (Wildman–Crippen LogP) is 4.36. The van der Waals surface area contributed by atoms with Gasteiger partial charge in [0.2, 0.25) is 5.03 Å². The zero-order valence-electron chi connectivity index (χ0n) is 18.4. The lowest BCUT2D eigenvalue weighted by molar-refractivity contribution is 0.204. The van der Waals surface area contributed by atoms with E-state index in [9.17, 15) is 5.11 Å². The third-order valence-corrected chi connectivity index (χ3v) is 6.59. The van der Waals surface area contributed by atoms with E-state index in [2.05, 4.69) is 57.5 Å². The van der Waals surface area contributed by atoms with Crippen molar-refractivity contribution in [3.63, 3.8) is 0 Å². The second-order valence-corrected chi connectivity index (χ2v) is 12.6. The summed E-state index contributed by atoms with van der Waals surface area (Å²) in [6.07, 6.45) is 3.09. The largest absolute Gasteiger partial charge is 0.508 e. The lowest BCUT2D eigenvalue weighted by Gasteiger charge is -2.30. The molecule has 0 spiro atoms. The van der Waals surface area contributed by atoms with Crippen molar-refractivity contribution in [3.05, 3.63) is 23.3 Å². The molecule has 1 aliphatic heterocycles. The van der Waals surface area contributed by atoms with Gasteiger partial charge >= 0.3 is 0 Å². The minimum atomic E-state index is 0.179. The second-order valence-electron chi connectivity index (χ2n) is 10.6. The van der Waals surface area contributed by atoms with Gasteiger partial charge in [-0.15, -0.1) is 0 Å². The van der Waals surface area contributed by atoms with Crippen LogP contribution in [0.15, 0.2) is 17.2 Å². The number of thiol groups is 1. The first kappa shape index (κ1) is 21.5. The van der Waals surface area contributed by atoms with Gasteiger partial charge in [0.1, 0.15) is 10.5 Å². The van der Waals surface area contributed by atoms with E-state index < -0.39 is 0 Å². The number of rotatable bonds is 4. The standard InChI is InChI=1S/C23H37N3OS/c1-22(2,3)13-17-16-7-8-19(27)18(14-26-11-9-15(24)10-12-26)20(16)25-21(17)28-23(4,5)6/h7-8,15,25,27H,9-14,24H2,1-6H3/p+1. The molecule has 0 saturated carbocycles. The van der Waals surface area contributed by atoms with Crippen molar-refractivity contribution >= 4 is 22.7 Å². The molecule has 0 radical (unpaired) electrons. The van der Waals surface area contributed by atoms with Crippen LogP contribution in [-0.4, -0.2) is 38.9 Å². The highest BCUT2D eigenvalue weighted by Crippen LogP contribution is 2.37. The van der Waals surface area contributed by atoms with Crippen LogP contribution >= 0.6 is 0 Å². The minimum absolute atomic E-state index is 0.179. The fraction of sp³-hybridized carbons (Fsp3) is 0.652. The first-order chi connectivity index (χ1) is 12.9. The van der Waals surface area contributed by atoms with Crippen LogP contribution in [0.3, 0.4) is 0 Å². The van der Waals surface area contributed by atoms with E-state index in [1.54, 1.807) is 0 Å². The molecule has 1 aliphatic rings. The topological polar surface area (TPSA) is 65.3 Å². The number of nitrogens with one attached hydrogen (secondary N) is 1. The monoisotopic (exact) mass is 404 g/mol. The zero-order valence-corrected chi connectivity index (χ0v) is 19.3. The number of phenolic OH excluding ortho intramolecular Hbond substituents is 1. The number of nitrogens with two attached hydrogens (primary N) is 1. The van der Waals surface area contributed by atoms with Crippen LogP contribution in [0.5, 0.6) is 5.75 Å². The molecule has 0 aliphatic carbocycles. The van der Waals surface area contributed by atoms with E-state index in [-0.39, 0.29) is 10.2 Å². The average Bonchev–Trinajstić information content (AvgIpc) is 2.86. The molecule has 1 saturated heterocycles. The summed E-state index contributed by atoms with van der Waals surface area (Å²) in [4.78, 5) is 6.15. The maximum atomic E-state index is 10.7. The Labute approximate surface area is 174 Å². The lowest BCUT2D eigenvalue weighted by atomic mass is 9.88. The molecule has 4 nitrogen and oxygen atoms in total. The van der Waals surface area contributed by atoms with Gasteiger partial charge in [-0.05, 0) is 70.7 Å². The Morgan fingerprint density at radius 3 is 2.32 bits per heavy atom. The van der Waals surface area contributed by atoms with E-state index in [1.807, 2.05) is 6.07 Å². The van der Waals surface area contributed by atoms with Gasteiger partial charge in [-0.1, -0.05) is 20.8 Å². The number of fused-ring (bicyclic) bond motifs is 1. The van der Waals surface area contributed by atoms with Crippen LogP contribution in [0.1, 0.15) is 65.5 Å². The normalized spacial score (nSPS) is 17.5. The molecule has 156 valence electrons. The molecule has 2 aromatic rings. The van der Waals surface area contributed by atoms with Crippen molar-refractivity contribution in [2.45, 2.75) is 83.2 Å². The molecule has 0 unspecified atom stereocenters. The van der Waals surface area contributed by atoms with E-state index in [4.69, 9.17) is 5.73 Å². The fourth-order valence-electron chi connectivity index (χ4n) is 3.99. The molecule has 0 bridgehead atoms. The van der Waals surface area contributed by atoms with Crippen LogP contribution in [-0.2, 0) is 24.7 Å². The Morgan fingerprint density at radius 2 is 1.75 bits per heavy atom. The molecule has 0 atom stereocenters. The molecule has 1 aromatic heterocycles. The molecule has 5 heteroatoms. The van der Waals surface area contributed by atoms with Gasteiger partial charge < -0.3 is 15.8 Å². The smallest absolute Gasteiger partial charge is 0.227 e. The van der Waals surface area contributed by atoms with Gasteiger partial charge in [-0.2, -0.15) is 0 Å². The highest BCUT2D eigenvalue weighted by Gasteiger charge is 2.30. The van der Waals surface area contributed by atoms with Crippen LogP contribution in [0.2, 0.25) is 0 Å². The molecular weight excluding hydrogens is 366 g/mol. The number of aromatic nitrogens is 1. The molecule has 0 amide bonds. The van der Waals surface area contributed by atoms with Gasteiger partial charge in [0, 0.05) is 40.9 Å². The maximum Gasteiger partial charge on any atom is 0.227 e. The van der Waals surface area contributed by atoms with E-state index in [0.29, 0.717) is 11.8 Å². The first-order valence-corrected chi connectivity index (χ1v) is 11.4. The van der Waals surface area contributed by atoms with E-state index in [1.165, 1.54) is 27.7 Å². The zero-order chi connectivity index (χ0) is 20.7. The first-order valence-electron chi connectivity index (χ1n) is 10.5. The summed E-state index contributed by atoms with van der Waals surface area (Å²) < 4.78 is 0.179. The molecule has 4 N–H and O–H groups in total. The van der Waals surface area contributed by atoms with Gasteiger partial charge in [0.25, 0.3) is 0 Å². The van der Waals surface area contributed by atoms with Crippen molar-refractivity contribution in [2.24, 2.45) is 11.1 Å². The summed E-state index contributed by atoms with van der Waals surface area (Å²) in [7, 11) is 0. The Bertz CT molecular complexity index is 821. The molecule has 28 heavy (non-hydrogen) atoms. The minimum Gasteiger partial charge on any atom is -0.508 e. The second kappa shape index (κ2) is 7.92. The summed E-state index contributed by atoms with van der Waals surface area (Å²) in [5, 5.41) is 13.2. The summed E-state index contributed by atoms with van der Waals surface area (Å²) in [6.45, 7) is 16.5. The maximum absolute atomic E-state index is 10.7. The van der Waals surface area contributed by atoms with Crippen molar-refractivity contribution < 1.29 is 5.11 Å². The quantitative estimate of drug-likeness (QED) is 0.524. The van der Waals surface area contributed by atoms with Gasteiger partial charge in [0.05, 0.1) is 5.52 Å². The van der Waals surface area contributed by atoms with Gasteiger partial charge in [-0.25, -0.2) is 0 Å². The number of likely N-dealkylation sites (tertiary alicyclic amines) is 1. The van der Waals surface area contributed by atoms with Gasteiger partial charge in [-0.3, -0.25) is 4.90 Å². The molecule has 1 fully saturated rings. The van der Waals surface area contributed by atoms with Crippen molar-refractivity contribution in [3.8, 4) is 5.75 Å². The number of H-pyrrole nitrogens is 1. The Kier molecular flexibility index (Phi) is 6.09. The van der Waals surface area contributed by atoms with Crippen LogP contribution in [0.25, 0.3) is 10.9 Å². The number of phenols is 1. The van der Waals surface area contributed by atoms with Gasteiger partial charge in [0.15, 0.2) is 0 Å². The van der Waals surface area contributed by atoms with Crippen molar-refractivity contribution in [2.75, 3.05) is 13.1 Å². The summed E-state index contributed by atoms with van der Waals surface area (Å²) in [6, 6.07) is 4.30. The van der Waals surface area contributed by atoms with Crippen molar-refractivity contribution in [1.29, 1.82) is 0 Å². The molecular formula is C23H38N3OS+. The lowest BCUT2D eigenvalue weighted by Crippen LogP contribution is -2.39. The summed E-state index contributed by atoms with van der Waals surface area (Å²) in [5.41, 5.74) is 9.82. The number of aromatic amines is 1. The Morgan fingerprint density at radius 1 is 1.11 bits per heavy atom. The number of aromatic hydroxyl groups is 1. The summed E-state index contributed by atoms with van der Waals surface area (Å²) in [5.74, 6) is 0.393. The van der Waals surface area contributed by atoms with Crippen LogP contribution < -0.4 is 5.73 Å². The van der Waals surface area contributed by atoms with E-state index >= 15 is 0 Å². The average molecular weight is 405 g/mol. The third-order valence-electron chi connectivity index (χ3n) is 5.31. The van der Waals surface area contributed by atoms with Crippen LogP contribution in [0, 0.1) is 5.41 Å². The molecule has 2 heterocycles. The molecule has 1 aromatic carbocycles. The molecule has 3 rings (SSSR count). The number of hydrogen-bond donors (Lipinski definition) is 3. The Balaban J connectivity index is 2.04. The SMILES string of the molecule is CC(C)(C)Cc1c([SH+]C(C)(C)C)[nH]c2c(CN3CCC(N)CC3)c(O)ccc12. The van der Waals surface area contributed by atoms with Crippen molar-refractivity contribution in [1.82, 2.24) is 9.88 Å². The van der Waals surface area contributed by atoms with Crippen LogP contribution in [0.4, 0.5) is 0 Å². The Hall–Kier alpha value is -1.17. The third kappa shape index (κ3) is 5.25. The summed E-state index contributed by atoms with van der Waals surface area (Å²) >= 11 is 1.30. The number of nitrogens with zero attached hydrogens (tertiary/aromatic N) is 1. The highest BCUT2D eigenvalue weighted by molar-refractivity contribution is 7.80.